The van der Waals surface area contributed by atoms with Gasteiger partial charge in [-0.3, -0.25) is 5.32 Å². The monoisotopic (exact) mass is 441 g/mol. The molecule has 1 unspecified atom stereocenters. The molecular formula is C22H17Cl2N3O3. The Morgan fingerprint density at radius 2 is 1.83 bits per heavy atom. The molecule has 0 bridgehead atoms. The Morgan fingerprint density at radius 1 is 1.03 bits per heavy atom. The molecule has 2 aromatic carbocycles. The molecule has 1 saturated carbocycles. The number of ether oxygens (including phenoxy) is 2. The Hall–Kier alpha value is -2.96. The van der Waals surface area contributed by atoms with Crippen LogP contribution in [0.25, 0.3) is 0 Å². The van der Waals surface area contributed by atoms with Gasteiger partial charge in [0, 0.05) is 28.5 Å². The number of rotatable bonds is 4. The average Bonchev–Trinajstić information content (AvgIpc) is 3.45. The zero-order valence-corrected chi connectivity index (χ0v) is 17.2. The number of hydrogen-bond donors (Lipinski definition) is 2. The van der Waals surface area contributed by atoms with E-state index in [9.17, 15) is 4.79 Å². The highest BCUT2D eigenvalue weighted by Gasteiger charge is 2.56. The molecule has 2 amide bonds. The van der Waals surface area contributed by atoms with E-state index in [1.165, 1.54) is 0 Å². The molecule has 3 aromatic rings. The van der Waals surface area contributed by atoms with Crippen LogP contribution >= 0.6 is 23.2 Å². The van der Waals surface area contributed by atoms with Crippen molar-refractivity contribution in [3.05, 3.63) is 76.4 Å². The second kappa shape index (κ2) is 7.70. The van der Waals surface area contributed by atoms with Crippen LogP contribution in [0, 0.1) is 5.92 Å². The van der Waals surface area contributed by atoms with E-state index in [1.807, 2.05) is 30.3 Å². The van der Waals surface area contributed by atoms with E-state index in [0.717, 1.165) is 11.3 Å². The summed E-state index contributed by atoms with van der Waals surface area (Å²) >= 11 is 12.6. The molecular weight excluding hydrogens is 425 g/mol. The van der Waals surface area contributed by atoms with E-state index < -0.39 is 0 Å². The minimum absolute atomic E-state index is 0.0668. The van der Waals surface area contributed by atoms with Gasteiger partial charge in [-0.25, -0.2) is 9.78 Å². The fraction of sp³-hybridized carbons (Fsp3) is 0.182. The van der Waals surface area contributed by atoms with E-state index in [2.05, 4.69) is 15.6 Å². The largest absolute Gasteiger partial charge is 0.491 e. The number of nitrogens with one attached hydrogen (secondary N) is 2. The number of anilines is 1. The zero-order chi connectivity index (χ0) is 20.7. The Bertz CT molecular complexity index is 1090. The van der Waals surface area contributed by atoms with Crippen molar-refractivity contribution in [3.63, 3.8) is 0 Å². The molecule has 2 aliphatic rings. The third kappa shape index (κ3) is 3.64. The lowest BCUT2D eigenvalue weighted by Crippen LogP contribution is -2.32. The van der Waals surface area contributed by atoms with Crippen molar-refractivity contribution in [1.29, 1.82) is 0 Å². The topological polar surface area (TPSA) is 72.5 Å². The van der Waals surface area contributed by atoms with Crippen LogP contribution in [0.2, 0.25) is 10.0 Å². The maximum Gasteiger partial charge on any atom is 0.320 e. The number of amides is 2. The van der Waals surface area contributed by atoms with Gasteiger partial charge in [0.2, 0.25) is 0 Å². The summed E-state index contributed by atoms with van der Waals surface area (Å²) < 4.78 is 11.5. The average molecular weight is 442 g/mol. The van der Waals surface area contributed by atoms with Crippen LogP contribution in [0.4, 0.5) is 10.6 Å². The predicted octanol–water partition coefficient (Wildman–Crippen LogP) is 5.48. The number of halogens is 2. The second-order valence-electron chi connectivity index (χ2n) is 7.19. The van der Waals surface area contributed by atoms with Crippen molar-refractivity contribution in [2.24, 2.45) is 5.92 Å². The maximum atomic E-state index is 12.5. The van der Waals surface area contributed by atoms with Gasteiger partial charge >= 0.3 is 6.03 Å². The number of carbonyl (C=O) groups is 1. The van der Waals surface area contributed by atoms with Gasteiger partial charge in [0.15, 0.2) is 0 Å². The first-order valence-corrected chi connectivity index (χ1v) is 10.2. The smallest absolute Gasteiger partial charge is 0.320 e. The fourth-order valence-electron chi connectivity index (χ4n) is 3.80. The zero-order valence-electron chi connectivity index (χ0n) is 15.6. The quantitative estimate of drug-likeness (QED) is 0.562. The first kappa shape index (κ1) is 19.0. The van der Waals surface area contributed by atoms with Gasteiger partial charge in [0.1, 0.15) is 23.1 Å². The molecule has 30 heavy (non-hydrogen) atoms. The summed E-state index contributed by atoms with van der Waals surface area (Å²) in [7, 11) is 0. The van der Waals surface area contributed by atoms with Gasteiger partial charge in [-0.2, -0.15) is 0 Å². The number of hydrogen-bond acceptors (Lipinski definition) is 4. The van der Waals surface area contributed by atoms with Gasteiger partial charge < -0.3 is 14.8 Å². The number of benzene rings is 2. The van der Waals surface area contributed by atoms with Gasteiger partial charge in [0.05, 0.1) is 17.8 Å². The first-order chi connectivity index (χ1) is 14.6. The van der Waals surface area contributed by atoms with Crippen molar-refractivity contribution in [2.45, 2.75) is 12.0 Å². The van der Waals surface area contributed by atoms with Crippen LogP contribution in [-0.4, -0.2) is 23.7 Å². The van der Waals surface area contributed by atoms with E-state index in [4.69, 9.17) is 32.7 Å². The molecule has 5 rings (SSSR count). The molecule has 0 radical (unpaired) electrons. The minimum atomic E-state index is -0.335. The van der Waals surface area contributed by atoms with E-state index in [-0.39, 0.29) is 23.9 Å². The Labute approximate surface area is 183 Å². The highest BCUT2D eigenvalue weighted by Crippen LogP contribution is 2.57. The van der Waals surface area contributed by atoms with Crippen molar-refractivity contribution in [2.75, 3.05) is 11.9 Å². The van der Waals surface area contributed by atoms with Crippen LogP contribution in [0.1, 0.15) is 11.5 Å². The van der Waals surface area contributed by atoms with Crippen LogP contribution in [-0.2, 0) is 0 Å². The molecule has 1 fully saturated rings. The van der Waals surface area contributed by atoms with Gasteiger partial charge in [-0.1, -0.05) is 41.4 Å². The SMILES string of the molecule is O=C(Nc1ccc(Oc2ccccc2)cn1)NC1[C@H]2COc3c(Cl)ccc(Cl)c3[C@@H]12. The number of aromatic nitrogens is 1. The van der Waals surface area contributed by atoms with Gasteiger partial charge in [-0.05, 0) is 36.4 Å². The van der Waals surface area contributed by atoms with E-state index >= 15 is 0 Å². The highest BCUT2D eigenvalue weighted by molar-refractivity contribution is 6.35. The molecule has 152 valence electrons. The predicted molar refractivity (Wildman–Crippen MR) is 115 cm³/mol. The lowest BCUT2D eigenvalue weighted by atomic mass is 10.1. The molecule has 6 nitrogen and oxygen atoms in total. The molecule has 8 heteroatoms. The standard InChI is InChI=1S/C22H17Cl2N3O3/c23-15-7-8-16(24)21-19(15)18-14(11-29-21)20(18)27-22(28)26-17-9-6-13(10-25-17)30-12-4-2-1-3-5-12/h1-10,14,18,20H,11H2,(H2,25,26,27,28)/t14-,18-,20?/m0/s1. The molecule has 0 spiro atoms. The molecule has 0 saturated heterocycles. The molecule has 2 N–H and O–H groups in total. The van der Waals surface area contributed by atoms with Crippen molar-refractivity contribution < 1.29 is 14.3 Å². The molecule has 1 aromatic heterocycles. The Kier molecular flexibility index (Phi) is 4.89. The fourth-order valence-corrected chi connectivity index (χ4v) is 4.29. The summed E-state index contributed by atoms with van der Waals surface area (Å²) in [6.07, 6.45) is 1.56. The van der Waals surface area contributed by atoms with Crippen molar-refractivity contribution in [1.82, 2.24) is 10.3 Å². The first-order valence-electron chi connectivity index (χ1n) is 9.47. The highest BCUT2D eigenvalue weighted by atomic mass is 35.5. The summed E-state index contributed by atoms with van der Waals surface area (Å²) in [5.74, 6) is 2.62. The van der Waals surface area contributed by atoms with Crippen molar-refractivity contribution >= 4 is 35.1 Å². The Morgan fingerprint density at radius 3 is 2.60 bits per heavy atom. The second-order valence-corrected chi connectivity index (χ2v) is 8.01. The van der Waals surface area contributed by atoms with E-state index in [0.29, 0.717) is 34.0 Å². The molecule has 3 atom stereocenters. The van der Waals surface area contributed by atoms with Crippen LogP contribution < -0.4 is 20.1 Å². The number of fused-ring (bicyclic) bond motifs is 3. The number of para-hydroxylation sites is 1. The molecule has 1 aliphatic heterocycles. The van der Waals surface area contributed by atoms with Gasteiger partial charge in [-0.15, -0.1) is 0 Å². The normalized spacial score (nSPS) is 20.9. The summed E-state index contributed by atoms with van der Waals surface area (Å²) in [5.41, 5.74) is 0.867. The maximum absolute atomic E-state index is 12.5. The van der Waals surface area contributed by atoms with Gasteiger partial charge in [0.25, 0.3) is 0 Å². The summed E-state index contributed by atoms with van der Waals surface area (Å²) in [6, 6.07) is 15.9. The van der Waals surface area contributed by atoms with Crippen LogP contribution in [0.3, 0.4) is 0 Å². The van der Waals surface area contributed by atoms with E-state index in [1.54, 1.807) is 30.5 Å². The molecule has 1 aliphatic carbocycles. The number of pyridine rings is 1. The Balaban J connectivity index is 1.21. The molecule has 2 heterocycles. The summed E-state index contributed by atoms with van der Waals surface area (Å²) in [4.78, 5) is 16.7. The number of carbonyl (C=O) groups excluding carboxylic acids is 1. The lowest BCUT2D eigenvalue weighted by Gasteiger charge is -2.18. The van der Waals surface area contributed by atoms with Crippen LogP contribution in [0.5, 0.6) is 17.2 Å². The van der Waals surface area contributed by atoms with Crippen molar-refractivity contribution in [3.8, 4) is 17.2 Å². The summed E-state index contributed by atoms with van der Waals surface area (Å²) in [6.45, 7) is 0.493. The number of urea groups is 1. The minimum Gasteiger partial charge on any atom is -0.491 e. The third-order valence-electron chi connectivity index (χ3n) is 5.27. The summed E-state index contributed by atoms with van der Waals surface area (Å²) in [5, 5.41) is 6.86. The number of nitrogens with zero attached hydrogens (tertiary/aromatic N) is 1. The third-order valence-corrected chi connectivity index (χ3v) is 5.90. The van der Waals surface area contributed by atoms with Crippen LogP contribution in [0.15, 0.2) is 60.8 Å². The lowest BCUT2D eigenvalue weighted by molar-refractivity contribution is 0.249.